The number of piperidine rings is 1. The monoisotopic (exact) mass is 1420 g/mol. The molecule has 0 N–H and O–H groups in total. The fourth-order valence-corrected chi connectivity index (χ4v) is 16.0. The second kappa shape index (κ2) is 41.2. The summed E-state index contributed by atoms with van der Waals surface area (Å²) in [6.07, 6.45) is 4.29. The molecule has 0 saturated carbocycles. The zero-order chi connectivity index (χ0) is 75.4. The maximum atomic E-state index is 5.53. The molecule has 18 nitrogen and oxygen atoms in total. The predicted molar refractivity (Wildman–Crippen MR) is 429 cm³/mol. The molecule has 10 saturated heterocycles. The molecular formula is C82H172N14O4. The van der Waals surface area contributed by atoms with Crippen LogP contribution in [0.3, 0.4) is 0 Å². The van der Waals surface area contributed by atoms with Crippen LogP contribution in [0.25, 0.3) is 0 Å². The second-order valence-electron chi connectivity index (χ2n) is 39.7. The zero-order valence-corrected chi connectivity index (χ0v) is 72.4. The average Bonchev–Trinajstić information content (AvgIpc) is 0.841. The number of morpholine rings is 1. The molecule has 10 fully saturated rings. The molecule has 10 heterocycles. The van der Waals surface area contributed by atoms with E-state index in [1.54, 1.807) is 14.2 Å². The maximum absolute atomic E-state index is 5.53. The van der Waals surface area contributed by atoms with Gasteiger partial charge in [0.15, 0.2) is 0 Å². The lowest BCUT2D eigenvalue weighted by atomic mass is 9.96. The van der Waals surface area contributed by atoms with E-state index in [9.17, 15) is 0 Å². The van der Waals surface area contributed by atoms with Crippen LogP contribution >= 0.6 is 0 Å². The summed E-state index contributed by atoms with van der Waals surface area (Å²) >= 11 is 0. The highest BCUT2D eigenvalue weighted by atomic mass is 16.5. The van der Waals surface area contributed by atoms with Crippen molar-refractivity contribution in [2.75, 3.05) is 231 Å². The van der Waals surface area contributed by atoms with Gasteiger partial charge in [-0.3, -0.25) is 68.6 Å². The van der Waals surface area contributed by atoms with Crippen molar-refractivity contribution >= 4 is 0 Å². The van der Waals surface area contributed by atoms with Gasteiger partial charge in [0, 0.05) is 259 Å². The number of methoxy groups -OCH3 is 2. The van der Waals surface area contributed by atoms with E-state index in [0.29, 0.717) is 69.0 Å². The predicted octanol–water partition coefficient (Wildman–Crippen LogP) is 10.8. The van der Waals surface area contributed by atoms with Crippen molar-refractivity contribution in [3.8, 4) is 0 Å². The Labute approximate surface area is 621 Å². The van der Waals surface area contributed by atoms with Gasteiger partial charge in [0.1, 0.15) is 0 Å². The van der Waals surface area contributed by atoms with Gasteiger partial charge in [-0.25, -0.2) is 0 Å². The second-order valence-corrected chi connectivity index (χ2v) is 39.7. The molecule has 10 rings (SSSR count). The Bertz CT molecular complexity index is 2070. The smallest absolute Gasteiger partial charge is 0.0645 e. The molecule has 18 heteroatoms. The third-order valence-electron chi connectivity index (χ3n) is 23.5. The normalized spacial score (nSPS) is 26.0. The summed E-state index contributed by atoms with van der Waals surface area (Å²) in [4.78, 5) is 36.2. The lowest BCUT2D eigenvalue weighted by molar-refractivity contribution is -0.0830. The largest absolute Gasteiger partial charge is 0.383 e. The molecule has 100 heavy (non-hydrogen) atoms. The van der Waals surface area contributed by atoms with Gasteiger partial charge in [0.2, 0.25) is 0 Å². The fourth-order valence-electron chi connectivity index (χ4n) is 16.0. The Hall–Kier alpha value is -0.720. The lowest BCUT2D eigenvalue weighted by Crippen LogP contribution is -2.61. The summed E-state index contributed by atoms with van der Waals surface area (Å²) in [5, 5.41) is 0. The number of hydrogen-bond acceptors (Lipinski definition) is 18. The van der Waals surface area contributed by atoms with Crippen LogP contribution in [0.4, 0.5) is 0 Å². The van der Waals surface area contributed by atoms with E-state index in [1.165, 1.54) is 163 Å². The van der Waals surface area contributed by atoms with Gasteiger partial charge >= 0.3 is 0 Å². The molecule has 0 radical (unpaired) electrons. The van der Waals surface area contributed by atoms with Gasteiger partial charge in [-0.05, 0) is 220 Å². The van der Waals surface area contributed by atoms with Crippen LogP contribution in [0.15, 0.2) is 0 Å². The molecule has 10 aliphatic heterocycles. The van der Waals surface area contributed by atoms with E-state index in [0.717, 1.165) is 84.4 Å². The number of piperazine rings is 7. The maximum Gasteiger partial charge on any atom is 0.0645 e. The SMILES string of the molecule is CC(C)(C)N1CCN(C(C)(C)C)CC1.CC(C)(C)N1CCN(C2COC2)CC1.CC(C)(C)N1CCN2CCCCC2C1.CC(C)(C)N1CCN2CCOCC2C1.CC(C)N1CCN(C(C)(C)C)CC1.CC(C)N1CCN(C(C)(C)C)CC1C.COCC(COC)N1CCN(C(C)(C)C)CC1. The van der Waals surface area contributed by atoms with E-state index in [1.807, 2.05) is 0 Å². The summed E-state index contributed by atoms with van der Waals surface area (Å²) in [5.74, 6) is 0. The molecule has 594 valence electrons. The van der Waals surface area contributed by atoms with Crippen LogP contribution in [0.5, 0.6) is 0 Å². The van der Waals surface area contributed by atoms with Crippen molar-refractivity contribution in [3.05, 3.63) is 0 Å². The highest BCUT2D eigenvalue weighted by Gasteiger charge is 2.38. The van der Waals surface area contributed by atoms with Crippen LogP contribution in [0.2, 0.25) is 0 Å². The Morgan fingerprint density at radius 3 is 0.960 bits per heavy atom. The van der Waals surface area contributed by atoms with Crippen molar-refractivity contribution in [1.29, 1.82) is 0 Å². The van der Waals surface area contributed by atoms with Crippen LogP contribution in [0, 0.1) is 0 Å². The number of rotatable bonds is 8. The van der Waals surface area contributed by atoms with Gasteiger partial charge in [0.05, 0.1) is 51.7 Å². The lowest BCUT2D eigenvalue weighted by Gasteiger charge is -2.48. The van der Waals surface area contributed by atoms with E-state index in [2.05, 4.69) is 269 Å². The molecule has 0 aromatic carbocycles. The van der Waals surface area contributed by atoms with Gasteiger partial charge in [0.25, 0.3) is 0 Å². The highest BCUT2D eigenvalue weighted by Crippen LogP contribution is 2.28. The first-order valence-corrected chi connectivity index (χ1v) is 40.7. The summed E-state index contributed by atoms with van der Waals surface area (Å²) in [5.41, 5.74) is 2.65. The minimum atomic E-state index is 0.282. The van der Waals surface area contributed by atoms with E-state index < -0.39 is 0 Å². The third kappa shape index (κ3) is 31.8. The van der Waals surface area contributed by atoms with Crippen molar-refractivity contribution in [2.45, 2.75) is 307 Å². The van der Waals surface area contributed by atoms with Crippen molar-refractivity contribution in [2.24, 2.45) is 0 Å². The molecule has 3 atom stereocenters. The van der Waals surface area contributed by atoms with Crippen molar-refractivity contribution < 1.29 is 18.9 Å². The van der Waals surface area contributed by atoms with Crippen molar-refractivity contribution in [3.63, 3.8) is 0 Å². The molecule has 0 spiro atoms. The number of fused-ring (bicyclic) bond motifs is 2. The van der Waals surface area contributed by atoms with Crippen LogP contribution < -0.4 is 0 Å². The minimum Gasteiger partial charge on any atom is -0.383 e. The molecule has 3 unspecified atom stereocenters. The molecular weight excluding hydrogens is 1240 g/mol. The van der Waals surface area contributed by atoms with Gasteiger partial charge in [-0.1, -0.05) is 6.42 Å². The summed E-state index contributed by atoms with van der Waals surface area (Å²) in [6, 6.07) is 4.70. The van der Waals surface area contributed by atoms with Crippen LogP contribution in [0.1, 0.15) is 220 Å². The third-order valence-corrected chi connectivity index (χ3v) is 23.5. The molecule has 0 amide bonds. The Morgan fingerprint density at radius 2 is 0.620 bits per heavy atom. The molecule has 0 aliphatic carbocycles. The topological polar surface area (TPSA) is 82.3 Å². The standard InChI is InChI=1S/C13H28N2O2.C12H24N2.2C12H26N2.2C11H22N2O.C11H24N2/c1-13(2,3)15-8-6-14(7-9-15)12(10-16-4)11-17-5;1-12(2,3)14-9-8-13-7-5-4-6-11(13)10-14;1-11(2,3)13-7-9-14(10-8-13)12(4,5)6;1-10(2)14-8-7-13(9-11(14)3)12(4,5)6;1-11(2,3)13-6-4-12(5-7-13)10-8-14-9-10;1-11(2,3)13-5-4-12-6-7-14-9-10(12)8-13;1-10(2)12-6-8-13(9-7-12)11(3,4)5/h12H,6-11H2,1-5H3;11H,4-10H2,1-3H3;7-10H2,1-6H3;10-11H,7-9H2,1-6H3;2*10H,4-9H2,1-3H3;10H,6-9H2,1-5H3. The first-order valence-electron chi connectivity index (χ1n) is 40.7. The average molecular weight is 1420 g/mol. The first-order chi connectivity index (χ1) is 46.1. The van der Waals surface area contributed by atoms with Crippen molar-refractivity contribution in [1.82, 2.24) is 68.6 Å². The van der Waals surface area contributed by atoms with Crippen LogP contribution in [-0.2, 0) is 18.9 Å². The highest BCUT2D eigenvalue weighted by molar-refractivity contribution is 4.94. The number of nitrogens with zero attached hydrogens (tertiary/aromatic N) is 14. The van der Waals surface area contributed by atoms with Crippen LogP contribution in [-0.4, -0.2) is 386 Å². The summed E-state index contributed by atoms with van der Waals surface area (Å²) in [7, 11) is 3.52. The van der Waals surface area contributed by atoms with E-state index in [4.69, 9.17) is 18.9 Å². The van der Waals surface area contributed by atoms with E-state index in [-0.39, 0.29) is 5.54 Å². The molecule has 10 aliphatic rings. The summed E-state index contributed by atoms with van der Waals surface area (Å²) < 4.78 is 21.3. The van der Waals surface area contributed by atoms with Gasteiger partial charge in [-0.15, -0.1) is 0 Å². The summed E-state index contributed by atoms with van der Waals surface area (Å²) in [6.45, 7) is 105. The molecule has 0 aromatic heterocycles. The first kappa shape index (κ1) is 91.7. The molecule has 0 bridgehead atoms. The minimum absolute atomic E-state index is 0.282. The van der Waals surface area contributed by atoms with Gasteiger partial charge < -0.3 is 18.9 Å². The zero-order valence-electron chi connectivity index (χ0n) is 72.4. The van der Waals surface area contributed by atoms with E-state index >= 15 is 0 Å². The Morgan fingerprint density at radius 1 is 0.310 bits per heavy atom. The van der Waals surface area contributed by atoms with Gasteiger partial charge in [-0.2, -0.15) is 0 Å². The fraction of sp³-hybridized carbons (Fsp3) is 1.00. The quantitative estimate of drug-likeness (QED) is 0.231. The Kier molecular flexibility index (Phi) is 37.8. The number of hydrogen-bond donors (Lipinski definition) is 0. The number of ether oxygens (including phenoxy) is 4. The molecule has 0 aromatic rings. The Balaban J connectivity index is 0.000000248.